The Hall–Kier alpha value is -3.47. The van der Waals surface area contributed by atoms with E-state index in [9.17, 15) is 14.4 Å². The Kier molecular flexibility index (Phi) is 9.34. The van der Waals surface area contributed by atoms with Gasteiger partial charge in [-0.3, -0.25) is 14.4 Å². The first-order chi connectivity index (χ1) is 15.6. The van der Waals surface area contributed by atoms with Crippen LogP contribution in [-0.2, 0) is 9.59 Å². The number of anilines is 1. The van der Waals surface area contributed by atoms with Crippen LogP contribution in [0.4, 0.5) is 5.69 Å². The van der Waals surface area contributed by atoms with Crippen molar-refractivity contribution in [2.75, 3.05) is 18.5 Å². The molecule has 2 amide bonds. The minimum atomic E-state index is -0.923. The molecule has 2 aromatic rings. The summed E-state index contributed by atoms with van der Waals surface area (Å²) in [5.41, 5.74) is 8.18. The summed E-state index contributed by atoms with van der Waals surface area (Å²) in [5, 5.41) is 14.3. The van der Waals surface area contributed by atoms with Crippen LogP contribution in [0.25, 0.3) is 0 Å². The van der Waals surface area contributed by atoms with Crippen LogP contribution >= 0.6 is 0 Å². The van der Waals surface area contributed by atoms with Gasteiger partial charge in [0.15, 0.2) is 5.78 Å². The third kappa shape index (κ3) is 8.89. The molecular formula is C26H31N3O4. The standard InChI is InChI=1S/C26H31N3O4/c1-26(2,3)15-14-24(32)28-21-12-8-19(9-13-21)5-4-18-6-10-20(11-7-18)25(33)29-22(16-27)23(31)17-30/h6-13,22,30H,14-17,27H2,1-3H3,(H,28,32)(H,29,33)/t22-/m0/s1. The Morgan fingerprint density at radius 2 is 1.52 bits per heavy atom. The second-order valence-corrected chi connectivity index (χ2v) is 8.90. The Balaban J connectivity index is 1.95. The van der Waals surface area contributed by atoms with Crippen molar-refractivity contribution in [2.45, 2.75) is 39.7 Å². The van der Waals surface area contributed by atoms with E-state index in [0.29, 0.717) is 17.5 Å². The van der Waals surface area contributed by atoms with E-state index in [4.69, 9.17) is 10.8 Å². The number of amides is 2. The highest BCUT2D eigenvalue weighted by atomic mass is 16.3. The van der Waals surface area contributed by atoms with E-state index >= 15 is 0 Å². The molecule has 0 aromatic heterocycles. The van der Waals surface area contributed by atoms with Gasteiger partial charge in [0.25, 0.3) is 5.91 Å². The van der Waals surface area contributed by atoms with Gasteiger partial charge in [0, 0.05) is 35.3 Å². The lowest BCUT2D eigenvalue weighted by Gasteiger charge is -2.17. The number of aliphatic hydroxyl groups is 1. The van der Waals surface area contributed by atoms with Gasteiger partial charge in [-0.15, -0.1) is 0 Å². The minimum Gasteiger partial charge on any atom is -0.388 e. The molecule has 174 valence electrons. The van der Waals surface area contributed by atoms with E-state index < -0.39 is 24.3 Å². The molecule has 0 bridgehead atoms. The number of benzene rings is 2. The predicted octanol–water partition coefficient (Wildman–Crippen LogP) is 2.47. The fourth-order valence-electron chi connectivity index (χ4n) is 2.82. The fraction of sp³-hybridized carbons (Fsp3) is 0.346. The SMILES string of the molecule is CC(C)(C)CCC(=O)Nc1ccc(C#Cc2ccc(C(=O)N[C@@H](CN)C(=O)CO)cc2)cc1. The summed E-state index contributed by atoms with van der Waals surface area (Å²) in [4.78, 5) is 35.8. The van der Waals surface area contributed by atoms with E-state index in [1.807, 2.05) is 24.3 Å². The summed E-state index contributed by atoms with van der Waals surface area (Å²) in [6.45, 7) is 5.55. The number of aliphatic hydroxyl groups excluding tert-OH is 1. The van der Waals surface area contributed by atoms with E-state index in [1.165, 1.54) is 0 Å². The molecule has 7 nitrogen and oxygen atoms in total. The maximum Gasteiger partial charge on any atom is 0.251 e. The molecule has 0 fully saturated rings. The van der Waals surface area contributed by atoms with Crippen molar-refractivity contribution >= 4 is 23.3 Å². The van der Waals surface area contributed by atoms with E-state index in [2.05, 4.69) is 43.2 Å². The second-order valence-electron chi connectivity index (χ2n) is 8.90. The van der Waals surface area contributed by atoms with Gasteiger partial charge in [0.1, 0.15) is 12.6 Å². The molecule has 0 radical (unpaired) electrons. The van der Waals surface area contributed by atoms with Gasteiger partial charge in [-0.2, -0.15) is 0 Å². The average molecular weight is 450 g/mol. The molecule has 0 unspecified atom stereocenters. The molecule has 0 heterocycles. The zero-order valence-corrected chi connectivity index (χ0v) is 19.3. The molecule has 5 N–H and O–H groups in total. The van der Waals surface area contributed by atoms with Crippen molar-refractivity contribution in [3.63, 3.8) is 0 Å². The highest BCUT2D eigenvalue weighted by Crippen LogP contribution is 2.21. The van der Waals surface area contributed by atoms with Gasteiger partial charge < -0.3 is 21.5 Å². The summed E-state index contributed by atoms with van der Waals surface area (Å²) >= 11 is 0. The number of nitrogens with two attached hydrogens (primary N) is 1. The zero-order valence-electron chi connectivity index (χ0n) is 19.3. The van der Waals surface area contributed by atoms with Crippen LogP contribution in [0.2, 0.25) is 0 Å². The van der Waals surface area contributed by atoms with Crippen LogP contribution in [0.3, 0.4) is 0 Å². The highest BCUT2D eigenvalue weighted by molar-refractivity contribution is 5.98. The molecule has 0 aliphatic heterocycles. The number of carbonyl (C=O) groups is 3. The first kappa shape index (κ1) is 25.8. The number of nitrogens with one attached hydrogen (secondary N) is 2. The van der Waals surface area contributed by atoms with Gasteiger partial charge in [0.2, 0.25) is 5.91 Å². The first-order valence-corrected chi connectivity index (χ1v) is 10.8. The maximum atomic E-state index is 12.3. The summed E-state index contributed by atoms with van der Waals surface area (Å²) in [6, 6.07) is 13.0. The van der Waals surface area contributed by atoms with Gasteiger partial charge in [-0.05, 0) is 60.4 Å². The van der Waals surface area contributed by atoms with Crippen LogP contribution in [0, 0.1) is 17.3 Å². The number of rotatable bonds is 8. The zero-order chi connectivity index (χ0) is 24.4. The molecule has 7 heteroatoms. The van der Waals surface area contributed by atoms with E-state index in [0.717, 1.165) is 17.7 Å². The van der Waals surface area contributed by atoms with Crippen molar-refractivity contribution < 1.29 is 19.5 Å². The van der Waals surface area contributed by atoms with Crippen LogP contribution in [-0.4, -0.2) is 41.9 Å². The Bertz CT molecular complexity index is 1030. The largest absolute Gasteiger partial charge is 0.388 e. The van der Waals surface area contributed by atoms with Gasteiger partial charge in [0.05, 0.1) is 0 Å². The molecule has 0 spiro atoms. The van der Waals surface area contributed by atoms with Gasteiger partial charge in [-0.25, -0.2) is 0 Å². The lowest BCUT2D eigenvalue weighted by atomic mass is 9.90. The monoisotopic (exact) mass is 449 g/mol. The van der Waals surface area contributed by atoms with Crippen molar-refractivity contribution in [1.82, 2.24) is 5.32 Å². The van der Waals surface area contributed by atoms with E-state index in [-0.39, 0.29) is 17.9 Å². The Morgan fingerprint density at radius 1 is 0.970 bits per heavy atom. The fourth-order valence-corrected chi connectivity index (χ4v) is 2.82. The number of hydrogen-bond acceptors (Lipinski definition) is 5. The van der Waals surface area contributed by atoms with Crippen LogP contribution in [0.1, 0.15) is 55.1 Å². The Morgan fingerprint density at radius 3 is 2.00 bits per heavy atom. The summed E-state index contributed by atoms with van der Waals surface area (Å²) in [5.74, 6) is 5.08. The molecule has 0 aliphatic rings. The van der Waals surface area contributed by atoms with Crippen molar-refractivity contribution in [1.29, 1.82) is 0 Å². The van der Waals surface area contributed by atoms with Gasteiger partial charge >= 0.3 is 0 Å². The molecule has 2 aromatic carbocycles. The maximum absolute atomic E-state index is 12.3. The quantitative estimate of drug-likeness (QED) is 0.461. The number of carbonyl (C=O) groups excluding carboxylic acids is 3. The molecule has 1 atom stereocenters. The third-order valence-corrected chi connectivity index (χ3v) is 4.85. The Labute approximate surface area is 194 Å². The normalized spacial score (nSPS) is 11.7. The second kappa shape index (κ2) is 12.0. The minimum absolute atomic E-state index is 0.00797. The lowest BCUT2D eigenvalue weighted by Crippen LogP contribution is -2.46. The van der Waals surface area contributed by atoms with Crippen molar-refractivity contribution in [3.8, 4) is 11.8 Å². The summed E-state index contributed by atoms with van der Waals surface area (Å²) in [7, 11) is 0. The van der Waals surface area contributed by atoms with E-state index in [1.54, 1.807) is 24.3 Å². The number of Topliss-reactive ketones (excluding diaryl/α,β-unsaturated/α-hetero) is 1. The molecular weight excluding hydrogens is 418 g/mol. The summed E-state index contributed by atoms with van der Waals surface area (Å²) in [6.07, 6.45) is 1.29. The molecule has 0 aliphatic carbocycles. The highest BCUT2D eigenvalue weighted by Gasteiger charge is 2.18. The molecule has 2 rings (SSSR count). The lowest BCUT2D eigenvalue weighted by molar-refractivity contribution is -0.123. The third-order valence-electron chi connectivity index (χ3n) is 4.85. The first-order valence-electron chi connectivity index (χ1n) is 10.8. The smallest absolute Gasteiger partial charge is 0.251 e. The number of ketones is 1. The average Bonchev–Trinajstić information content (AvgIpc) is 2.80. The van der Waals surface area contributed by atoms with Crippen LogP contribution in [0.15, 0.2) is 48.5 Å². The predicted molar refractivity (Wildman–Crippen MR) is 129 cm³/mol. The molecule has 0 saturated carbocycles. The van der Waals surface area contributed by atoms with Crippen molar-refractivity contribution in [2.24, 2.45) is 11.1 Å². The molecule has 0 saturated heterocycles. The van der Waals surface area contributed by atoms with Crippen molar-refractivity contribution in [3.05, 3.63) is 65.2 Å². The molecule has 33 heavy (non-hydrogen) atoms. The summed E-state index contributed by atoms with van der Waals surface area (Å²) < 4.78 is 0. The topological polar surface area (TPSA) is 122 Å². The number of hydrogen-bond donors (Lipinski definition) is 4. The van der Waals surface area contributed by atoms with Crippen LogP contribution < -0.4 is 16.4 Å². The van der Waals surface area contributed by atoms with Crippen LogP contribution in [0.5, 0.6) is 0 Å². The van der Waals surface area contributed by atoms with Gasteiger partial charge in [-0.1, -0.05) is 32.6 Å².